The quantitative estimate of drug-likeness (QED) is 0.503. The number of nitrogens with one attached hydrogen (secondary N) is 1. The molecule has 9 heteroatoms. The van der Waals surface area contributed by atoms with Gasteiger partial charge in [0.2, 0.25) is 11.5 Å². The molecule has 1 aromatic carbocycles. The van der Waals surface area contributed by atoms with Crippen molar-refractivity contribution in [1.82, 2.24) is 10.2 Å². The normalized spacial score (nSPS) is 10.5. The van der Waals surface area contributed by atoms with Gasteiger partial charge in [-0.25, -0.2) is 0 Å². The Morgan fingerprint density at radius 1 is 1.16 bits per heavy atom. The van der Waals surface area contributed by atoms with Crippen LogP contribution in [-0.4, -0.2) is 63.2 Å². The van der Waals surface area contributed by atoms with E-state index in [9.17, 15) is 14.9 Å². The van der Waals surface area contributed by atoms with Crippen LogP contribution in [0.2, 0.25) is 0 Å². The van der Waals surface area contributed by atoms with E-state index >= 15 is 0 Å². The SMILES string of the molecule is CCN(CC)CCNC(=O)c1cc(OC)c(OC)c(OC)c1[N+](=O)[O-]. The Balaban J connectivity index is 3.20. The van der Waals surface area contributed by atoms with E-state index in [-0.39, 0.29) is 22.8 Å². The zero-order valence-electron chi connectivity index (χ0n) is 15.2. The molecule has 1 amide bonds. The van der Waals surface area contributed by atoms with Gasteiger partial charge < -0.3 is 24.4 Å². The minimum Gasteiger partial charge on any atom is -0.493 e. The minimum absolute atomic E-state index is 0.0661. The van der Waals surface area contributed by atoms with Crippen LogP contribution in [0.1, 0.15) is 24.2 Å². The average molecular weight is 355 g/mol. The molecular formula is C16H25N3O6. The summed E-state index contributed by atoms with van der Waals surface area (Å²) in [5.74, 6) is -0.478. The van der Waals surface area contributed by atoms with Crippen molar-refractivity contribution in [2.45, 2.75) is 13.8 Å². The zero-order valence-corrected chi connectivity index (χ0v) is 15.2. The zero-order chi connectivity index (χ0) is 19.0. The van der Waals surface area contributed by atoms with Crippen LogP contribution < -0.4 is 19.5 Å². The molecule has 0 atom stereocenters. The lowest BCUT2D eigenvalue weighted by Crippen LogP contribution is -2.35. The number of likely N-dealkylation sites (N-methyl/N-ethyl adjacent to an activating group) is 1. The van der Waals surface area contributed by atoms with Gasteiger partial charge in [0.25, 0.3) is 5.91 Å². The maximum Gasteiger partial charge on any atom is 0.327 e. The Bertz CT molecular complexity index is 616. The summed E-state index contributed by atoms with van der Waals surface area (Å²) in [6.07, 6.45) is 0. The number of methoxy groups -OCH3 is 3. The Labute approximate surface area is 147 Å². The van der Waals surface area contributed by atoms with Gasteiger partial charge in [-0.2, -0.15) is 0 Å². The summed E-state index contributed by atoms with van der Waals surface area (Å²) in [6.45, 7) is 6.78. The van der Waals surface area contributed by atoms with Crippen molar-refractivity contribution in [3.05, 3.63) is 21.7 Å². The molecule has 0 heterocycles. The first kappa shape index (κ1) is 20.5. The molecule has 0 aromatic heterocycles. The van der Waals surface area contributed by atoms with Crippen molar-refractivity contribution in [3.8, 4) is 17.2 Å². The van der Waals surface area contributed by atoms with Gasteiger partial charge in [0, 0.05) is 19.2 Å². The van der Waals surface area contributed by atoms with Gasteiger partial charge in [-0.3, -0.25) is 14.9 Å². The molecule has 0 aliphatic heterocycles. The second-order valence-corrected chi connectivity index (χ2v) is 5.08. The van der Waals surface area contributed by atoms with Crippen molar-refractivity contribution < 1.29 is 23.9 Å². The van der Waals surface area contributed by atoms with Gasteiger partial charge in [0.1, 0.15) is 5.56 Å². The molecule has 0 saturated carbocycles. The molecule has 0 unspecified atom stereocenters. The fourth-order valence-electron chi connectivity index (χ4n) is 2.46. The number of hydrogen-bond acceptors (Lipinski definition) is 7. The van der Waals surface area contributed by atoms with Crippen LogP contribution >= 0.6 is 0 Å². The number of nitrogens with zero attached hydrogens (tertiary/aromatic N) is 2. The molecule has 1 N–H and O–H groups in total. The Morgan fingerprint density at radius 2 is 1.76 bits per heavy atom. The first-order valence-electron chi connectivity index (χ1n) is 7.92. The summed E-state index contributed by atoms with van der Waals surface area (Å²) in [6, 6.07) is 1.28. The van der Waals surface area contributed by atoms with E-state index in [0.717, 1.165) is 13.1 Å². The van der Waals surface area contributed by atoms with E-state index in [0.29, 0.717) is 13.1 Å². The van der Waals surface area contributed by atoms with E-state index in [1.54, 1.807) is 0 Å². The first-order chi connectivity index (χ1) is 11.9. The Morgan fingerprint density at radius 3 is 2.20 bits per heavy atom. The summed E-state index contributed by atoms with van der Waals surface area (Å²) in [5.41, 5.74) is -0.598. The predicted molar refractivity (Wildman–Crippen MR) is 92.9 cm³/mol. The van der Waals surface area contributed by atoms with Crippen LogP contribution in [0.5, 0.6) is 17.2 Å². The fraction of sp³-hybridized carbons (Fsp3) is 0.562. The molecule has 9 nitrogen and oxygen atoms in total. The highest BCUT2D eigenvalue weighted by atomic mass is 16.6. The van der Waals surface area contributed by atoms with Gasteiger partial charge in [-0.05, 0) is 13.1 Å². The number of nitro benzene ring substituents is 1. The standard InChI is InChI=1S/C16H25N3O6/c1-6-18(7-2)9-8-17-16(20)11-10-12(23-3)14(24-4)15(25-5)13(11)19(21)22/h10H,6-9H2,1-5H3,(H,17,20). The van der Waals surface area contributed by atoms with Crippen molar-refractivity contribution in [2.24, 2.45) is 0 Å². The number of nitro groups is 1. The molecule has 25 heavy (non-hydrogen) atoms. The second-order valence-electron chi connectivity index (χ2n) is 5.08. The third-order valence-corrected chi connectivity index (χ3v) is 3.84. The molecule has 0 radical (unpaired) electrons. The van der Waals surface area contributed by atoms with Gasteiger partial charge in [0.05, 0.1) is 26.3 Å². The largest absolute Gasteiger partial charge is 0.493 e. The van der Waals surface area contributed by atoms with Gasteiger partial charge in [-0.1, -0.05) is 13.8 Å². The van der Waals surface area contributed by atoms with Crippen molar-refractivity contribution in [3.63, 3.8) is 0 Å². The molecule has 0 aliphatic rings. The highest BCUT2D eigenvalue weighted by molar-refractivity contribution is 6.00. The number of benzene rings is 1. The van der Waals surface area contributed by atoms with E-state index < -0.39 is 16.5 Å². The van der Waals surface area contributed by atoms with E-state index in [1.807, 2.05) is 13.8 Å². The lowest BCUT2D eigenvalue weighted by molar-refractivity contribution is -0.386. The Kier molecular flexibility index (Phi) is 7.93. The van der Waals surface area contributed by atoms with Gasteiger partial charge in [-0.15, -0.1) is 0 Å². The molecule has 0 saturated heterocycles. The predicted octanol–water partition coefficient (Wildman–Crippen LogP) is 1.69. The summed E-state index contributed by atoms with van der Waals surface area (Å²) in [5, 5.41) is 14.2. The van der Waals surface area contributed by atoms with Crippen molar-refractivity contribution in [2.75, 3.05) is 47.5 Å². The molecular weight excluding hydrogens is 330 g/mol. The number of rotatable bonds is 10. The van der Waals surface area contributed by atoms with Crippen LogP contribution in [-0.2, 0) is 0 Å². The Hall–Kier alpha value is -2.55. The smallest absolute Gasteiger partial charge is 0.327 e. The number of carbonyl (C=O) groups excluding carboxylic acids is 1. The van der Waals surface area contributed by atoms with Crippen molar-refractivity contribution >= 4 is 11.6 Å². The monoisotopic (exact) mass is 355 g/mol. The van der Waals surface area contributed by atoms with Crippen LogP contribution in [0.3, 0.4) is 0 Å². The number of amides is 1. The van der Waals surface area contributed by atoms with Crippen LogP contribution in [0.25, 0.3) is 0 Å². The molecule has 1 rings (SSSR count). The van der Waals surface area contributed by atoms with Crippen LogP contribution in [0, 0.1) is 10.1 Å². The maximum atomic E-state index is 12.5. The molecule has 0 spiro atoms. The van der Waals surface area contributed by atoms with E-state index in [2.05, 4.69) is 10.2 Å². The summed E-state index contributed by atoms with van der Waals surface area (Å²) < 4.78 is 15.4. The third kappa shape index (κ3) is 4.72. The number of hydrogen-bond donors (Lipinski definition) is 1. The highest BCUT2D eigenvalue weighted by Crippen LogP contribution is 2.46. The lowest BCUT2D eigenvalue weighted by atomic mass is 10.1. The maximum absolute atomic E-state index is 12.5. The number of ether oxygens (including phenoxy) is 3. The highest BCUT2D eigenvalue weighted by Gasteiger charge is 2.32. The molecule has 0 fully saturated rings. The molecule has 1 aromatic rings. The van der Waals surface area contributed by atoms with Gasteiger partial charge >= 0.3 is 5.69 Å². The van der Waals surface area contributed by atoms with E-state index in [1.165, 1.54) is 27.4 Å². The molecule has 0 bridgehead atoms. The lowest BCUT2D eigenvalue weighted by Gasteiger charge is -2.18. The fourth-order valence-corrected chi connectivity index (χ4v) is 2.46. The topological polar surface area (TPSA) is 103 Å². The van der Waals surface area contributed by atoms with Gasteiger partial charge in [0.15, 0.2) is 5.75 Å². The first-order valence-corrected chi connectivity index (χ1v) is 7.92. The molecule has 140 valence electrons. The average Bonchev–Trinajstić information content (AvgIpc) is 2.62. The van der Waals surface area contributed by atoms with Crippen LogP contribution in [0.15, 0.2) is 6.07 Å². The summed E-state index contributed by atoms with van der Waals surface area (Å²) in [7, 11) is 3.99. The van der Waals surface area contributed by atoms with Crippen LogP contribution in [0.4, 0.5) is 5.69 Å². The summed E-state index contributed by atoms with van der Waals surface area (Å²) >= 11 is 0. The minimum atomic E-state index is -0.667. The second kappa shape index (κ2) is 9.67. The molecule has 0 aliphatic carbocycles. The number of carbonyl (C=O) groups is 1. The van der Waals surface area contributed by atoms with E-state index in [4.69, 9.17) is 14.2 Å². The summed E-state index contributed by atoms with van der Waals surface area (Å²) in [4.78, 5) is 25.4. The van der Waals surface area contributed by atoms with Crippen molar-refractivity contribution in [1.29, 1.82) is 0 Å². The third-order valence-electron chi connectivity index (χ3n) is 3.84.